The van der Waals surface area contributed by atoms with Crippen LogP contribution in [0.25, 0.3) is 88.0 Å². The van der Waals surface area contributed by atoms with Crippen LogP contribution in [-0.4, -0.2) is 0 Å². The van der Waals surface area contributed by atoms with Gasteiger partial charge in [-0.15, -0.1) is 0 Å². The molecule has 12 rings (SSSR count). The normalized spacial score (nSPS) is 17.6. The number of hydrogen-bond donors (Lipinski definition) is 0. The van der Waals surface area contributed by atoms with Crippen LogP contribution in [0, 0.1) is 31.1 Å². The van der Waals surface area contributed by atoms with E-state index < -0.39 is 0 Å². The lowest BCUT2D eigenvalue weighted by Crippen LogP contribution is -2.23. The summed E-state index contributed by atoms with van der Waals surface area (Å²) in [5.41, 5.74) is 23.5. The molecule has 276 valence electrons. The van der Waals surface area contributed by atoms with E-state index >= 15 is 0 Å². The molecule has 0 spiro atoms. The minimum absolute atomic E-state index is 0.0436. The summed E-state index contributed by atoms with van der Waals surface area (Å²) in [5.74, 6) is 0.545. The summed E-state index contributed by atoms with van der Waals surface area (Å²) in [6.07, 6.45) is 7.61. The topological polar surface area (TPSA) is 0 Å². The maximum atomic E-state index is 2.62. The van der Waals surface area contributed by atoms with Gasteiger partial charge in [0.25, 0.3) is 0 Å². The first-order valence-corrected chi connectivity index (χ1v) is 20.9. The number of hydrogen-bond acceptors (Lipinski definition) is 0. The highest BCUT2D eigenvalue weighted by Crippen LogP contribution is 2.67. The number of aryl methyl sites for hydroxylation is 2. The number of allylic oxidation sites excluding steroid dienone is 8. The van der Waals surface area contributed by atoms with Crippen LogP contribution >= 0.6 is 0 Å². The van der Waals surface area contributed by atoms with Crippen molar-refractivity contribution in [1.82, 2.24) is 0 Å². The predicted octanol–water partition coefficient (Wildman–Crippen LogP) is 15.7. The van der Waals surface area contributed by atoms with Crippen LogP contribution in [0.3, 0.4) is 0 Å². The Labute approximate surface area is 341 Å². The van der Waals surface area contributed by atoms with Gasteiger partial charge in [-0.3, -0.25) is 0 Å². The van der Waals surface area contributed by atoms with Crippen LogP contribution in [0.2, 0.25) is 0 Å². The predicted molar refractivity (Wildman–Crippen MR) is 248 cm³/mol. The van der Waals surface area contributed by atoms with Crippen molar-refractivity contribution in [3.63, 3.8) is 0 Å². The van der Waals surface area contributed by atoms with Crippen molar-refractivity contribution in [2.24, 2.45) is 17.3 Å². The smallest absolute Gasteiger partial charge is 0.0215 e. The summed E-state index contributed by atoms with van der Waals surface area (Å²) in [6, 6.07) is 55.0. The van der Waals surface area contributed by atoms with Gasteiger partial charge >= 0.3 is 0 Å². The first-order chi connectivity index (χ1) is 28.2. The Morgan fingerprint density at radius 3 is 1.76 bits per heavy atom. The molecule has 0 amide bonds. The van der Waals surface area contributed by atoms with Crippen LogP contribution in [-0.2, 0) is 0 Å². The Kier molecular flexibility index (Phi) is 6.96. The monoisotopic (exact) mass is 740 g/mol. The number of benzene rings is 8. The molecule has 0 heterocycles. The Bertz CT molecular complexity index is 3230. The molecule has 0 N–H and O–H groups in total. The Hall–Kier alpha value is -6.50. The van der Waals surface area contributed by atoms with E-state index in [4.69, 9.17) is 0 Å². The van der Waals surface area contributed by atoms with Crippen LogP contribution < -0.4 is 0 Å². The van der Waals surface area contributed by atoms with Gasteiger partial charge in [0.1, 0.15) is 0 Å². The molecule has 4 aliphatic rings. The Balaban J connectivity index is 1.14. The highest BCUT2D eigenvalue weighted by Gasteiger charge is 2.51. The molecule has 8 aromatic carbocycles. The maximum absolute atomic E-state index is 2.62. The SMILES string of the molecule is Cc1cccc(C)c1-c1ccc2c(-c3ccccc3)c3cc4c(cc3cc2c1)C1=CC=C2c3c(cc5ccccc5c3-c3ccccc3)C3=C(C(C)(C)C)C=C4C1C23. The number of rotatable bonds is 3. The number of fused-ring (bicyclic) bond motifs is 9. The summed E-state index contributed by atoms with van der Waals surface area (Å²) in [6.45, 7) is 11.7. The van der Waals surface area contributed by atoms with E-state index in [1.165, 1.54) is 127 Å². The van der Waals surface area contributed by atoms with Gasteiger partial charge in [-0.2, -0.15) is 0 Å². The van der Waals surface area contributed by atoms with E-state index in [0.29, 0.717) is 0 Å². The van der Waals surface area contributed by atoms with E-state index in [1.54, 1.807) is 0 Å². The lowest BCUT2D eigenvalue weighted by molar-refractivity contribution is 0.511. The van der Waals surface area contributed by atoms with Crippen LogP contribution in [0.5, 0.6) is 0 Å². The third-order valence-corrected chi connectivity index (χ3v) is 13.7. The standard InChI is InChI=1S/C58H44/c1-33-15-14-16-34(2)51(33)38-23-24-42-39(27-38)28-40-30-46-43-25-26-44-55-49(29-37-21-12-13-22-41(37)53(55)36-19-10-7-11-20-36)56-50(58(3,4)5)32-48(54(43)57(44)56)47(46)31-45(40)52(42)35-17-8-6-9-18-35/h6-32,54,57H,1-5H3. The summed E-state index contributed by atoms with van der Waals surface area (Å²) in [5, 5.41) is 7.85. The molecule has 0 aromatic heterocycles. The first-order valence-electron chi connectivity index (χ1n) is 20.9. The molecule has 0 heteroatoms. The van der Waals surface area contributed by atoms with Crippen molar-refractivity contribution >= 4 is 54.6 Å². The van der Waals surface area contributed by atoms with Crippen molar-refractivity contribution in [2.75, 3.05) is 0 Å². The quantitative estimate of drug-likeness (QED) is 0.158. The van der Waals surface area contributed by atoms with E-state index in [0.717, 1.165) is 0 Å². The van der Waals surface area contributed by atoms with Crippen molar-refractivity contribution < 1.29 is 0 Å². The fraction of sp³-hybridized carbons (Fsp3) is 0.138. The summed E-state index contributed by atoms with van der Waals surface area (Å²) in [7, 11) is 0. The zero-order valence-electron chi connectivity index (χ0n) is 33.7. The maximum Gasteiger partial charge on any atom is 0.0215 e. The third kappa shape index (κ3) is 4.63. The summed E-state index contributed by atoms with van der Waals surface area (Å²) in [4.78, 5) is 0. The molecule has 58 heavy (non-hydrogen) atoms. The van der Waals surface area contributed by atoms with Gasteiger partial charge in [0.05, 0.1) is 0 Å². The van der Waals surface area contributed by atoms with Gasteiger partial charge in [-0.1, -0.05) is 154 Å². The second-order valence-electron chi connectivity index (χ2n) is 18.1. The molecule has 0 fully saturated rings. The molecular weight excluding hydrogens is 697 g/mol. The Morgan fingerprint density at radius 1 is 0.397 bits per heavy atom. The summed E-state index contributed by atoms with van der Waals surface area (Å²) < 4.78 is 0. The van der Waals surface area contributed by atoms with Crippen molar-refractivity contribution in [1.29, 1.82) is 0 Å². The average Bonchev–Trinajstić information content (AvgIpc) is 3.72. The molecule has 4 aliphatic carbocycles. The molecule has 0 saturated heterocycles. The second kappa shape index (κ2) is 12.0. The molecule has 0 saturated carbocycles. The minimum Gasteiger partial charge on any atom is -0.0622 e. The first kappa shape index (κ1) is 33.6. The highest BCUT2D eigenvalue weighted by molar-refractivity contribution is 6.19. The van der Waals surface area contributed by atoms with E-state index in [-0.39, 0.29) is 17.3 Å². The van der Waals surface area contributed by atoms with Crippen LogP contribution in [0.15, 0.2) is 169 Å². The van der Waals surface area contributed by atoms with Crippen molar-refractivity contribution in [2.45, 2.75) is 34.6 Å². The van der Waals surface area contributed by atoms with E-state index in [1.807, 2.05) is 0 Å². The van der Waals surface area contributed by atoms with Gasteiger partial charge in [-0.05, 0) is 177 Å². The van der Waals surface area contributed by atoms with Crippen LogP contribution in [0.1, 0.15) is 54.2 Å². The van der Waals surface area contributed by atoms with Gasteiger partial charge in [0.2, 0.25) is 0 Å². The van der Waals surface area contributed by atoms with Crippen molar-refractivity contribution in [3.05, 3.63) is 203 Å². The molecule has 2 atom stereocenters. The molecule has 0 aliphatic heterocycles. The molecular formula is C58H44. The van der Waals surface area contributed by atoms with E-state index in [9.17, 15) is 0 Å². The van der Waals surface area contributed by atoms with Gasteiger partial charge in [0, 0.05) is 11.8 Å². The molecule has 0 radical (unpaired) electrons. The fourth-order valence-corrected chi connectivity index (χ4v) is 11.3. The van der Waals surface area contributed by atoms with Crippen LogP contribution in [0.4, 0.5) is 0 Å². The largest absolute Gasteiger partial charge is 0.0622 e. The molecule has 0 nitrogen and oxygen atoms in total. The fourth-order valence-electron chi connectivity index (χ4n) is 11.3. The second-order valence-corrected chi connectivity index (χ2v) is 18.1. The van der Waals surface area contributed by atoms with Gasteiger partial charge < -0.3 is 0 Å². The zero-order chi connectivity index (χ0) is 39.0. The van der Waals surface area contributed by atoms with E-state index in [2.05, 4.69) is 198 Å². The Morgan fingerprint density at radius 2 is 1.02 bits per heavy atom. The zero-order valence-corrected chi connectivity index (χ0v) is 33.7. The summed E-state index contributed by atoms with van der Waals surface area (Å²) >= 11 is 0. The molecule has 0 bridgehead atoms. The lowest BCUT2D eigenvalue weighted by atomic mass is 9.66. The van der Waals surface area contributed by atoms with Gasteiger partial charge in [-0.25, -0.2) is 0 Å². The minimum atomic E-state index is -0.0436. The lowest BCUT2D eigenvalue weighted by Gasteiger charge is -2.36. The highest BCUT2D eigenvalue weighted by atomic mass is 14.5. The third-order valence-electron chi connectivity index (χ3n) is 13.7. The average molecular weight is 741 g/mol. The van der Waals surface area contributed by atoms with Gasteiger partial charge in [0.15, 0.2) is 0 Å². The van der Waals surface area contributed by atoms with Crippen molar-refractivity contribution in [3.8, 4) is 33.4 Å². The molecule has 8 aromatic rings. The molecule has 2 unspecified atom stereocenters.